The number of hydrogen-bond donors (Lipinski definition) is 0. The fourth-order valence-electron chi connectivity index (χ4n) is 2.20. The highest BCUT2D eigenvalue weighted by Gasteiger charge is 2.31. The van der Waals surface area contributed by atoms with Crippen LogP contribution in [-0.4, -0.2) is 34.4 Å². The summed E-state index contributed by atoms with van der Waals surface area (Å²) in [4.78, 5) is 22.6. The number of carbonyl (C=O) groups excluding carboxylic acids is 2. The Morgan fingerprint density at radius 2 is 2.25 bits per heavy atom. The van der Waals surface area contributed by atoms with Gasteiger partial charge in [0, 0.05) is 5.92 Å². The molecule has 1 heterocycles. The summed E-state index contributed by atoms with van der Waals surface area (Å²) in [6.07, 6.45) is 2.79. The number of nitrogens with zero attached hydrogens (tertiary/aromatic N) is 3. The van der Waals surface area contributed by atoms with Crippen molar-refractivity contribution in [3.63, 3.8) is 0 Å². The van der Waals surface area contributed by atoms with Gasteiger partial charge in [0.2, 0.25) is 0 Å². The monoisotopic (exact) mass is 271 g/mol. The van der Waals surface area contributed by atoms with Crippen molar-refractivity contribution in [2.45, 2.75) is 18.8 Å². The second kappa shape index (κ2) is 4.88. The molecule has 1 aromatic carbocycles. The average Bonchev–Trinajstić information content (AvgIpc) is 3.25. The quantitative estimate of drug-likeness (QED) is 0.625. The topological polar surface area (TPSA) is 74.1 Å². The largest absolute Gasteiger partial charge is 0.465 e. The van der Waals surface area contributed by atoms with Gasteiger partial charge in [-0.3, -0.25) is 4.79 Å². The van der Waals surface area contributed by atoms with E-state index in [1.54, 1.807) is 22.9 Å². The molecule has 6 nitrogen and oxygen atoms in total. The Kier molecular flexibility index (Phi) is 3.06. The molecule has 0 spiro atoms. The Morgan fingerprint density at radius 3 is 2.90 bits per heavy atom. The van der Waals surface area contributed by atoms with Crippen LogP contribution in [0.4, 0.5) is 0 Å². The van der Waals surface area contributed by atoms with E-state index >= 15 is 0 Å². The molecule has 102 valence electrons. The van der Waals surface area contributed by atoms with Crippen LogP contribution in [0.5, 0.6) is 0 Å². The Bertz CT molecular complexity index is 674. The van der Waals surface area contributed by atoms with E-state index in [-0.39, 0.29) is 0 Å². The molecule has 0 N–H and O–H groups in total. The van der Waals surface area contributed by atoms with Gasteiger partial charge >= 0.3 is 5.97 Å². The number of carbonyl (C=O) groups is 2. The second-order valence-corrected chi connectivity index (χ2v) is 4.71. The van der Waals surface area contributed by atoms with Gasteiger partial charge < -0.3 is 4.74 Å². The van der Waals surface area contributed by atoms with Crippen LogP contribution in [0, 0.1) is 0 Å². The minimum atomic E-state index is -0.407. The van der Waals surface area contributed by atoms with Crippen molar-refractivity contribution >= 4 is 12.3 Å². The zero-order chi connectivity index (χ0) is 14.1. The van der Waals surface area contributed by atoms with Gasteiger partial charge in [-0.1, -0.05) is 11.3 Å². The molecule has 1 aliphatic rings. The number of esters is 1. The smallest absolute Gasteiger partial charge is 0.337 e. The number of rotatable bonds is 4. The van der Waals surface area contributed by atoms with E-state index in [2.05, 4.69) is 10.3 Å². The van der Waals surface area contributed by atoms with Crippen LogP contribution in [-0.2, 0) is 4.74 Å². The molecule has 1 aromatic heterocycles. The molecule has 0 radical (unpaired) electrons. The molecule has 0 amide bonds. The second-order valence-electron chi connectivity index (χ2n) is 4.71. The van der Waals surface area contributed by atoms with Gasteiger partial charge in [0.05, 0.1) is 24.1 Å². The first kappa shape index (κ1) is 12.5. The summed E-state index contributed by atoms with van der Waals surface area (Å²) in [6, 6.07) is 6.92. The third kappa shape index (κ3) is 2.09. The Hall–Kier alpha value is -2.50. The number of hydrogen-bond acceptors (Lipinski definition) is 5. The predicted octanol–water partition coefficient (Wildman–Crippen LogP) is 1.74. The number of ether oxygens (including phenoxy) is 1. The van der Waals surface area contributed by atoms with Crippen molar-refractivity contribution in [1.82, 2.24) is 15.0 Å². The molecular weight excluding hydrogens is 258 g/mol. The molecule has 0 bridgehead atoms. The standard InChI is InChI=1S/C14H13N3O3/c1-20-14(19)10-3-2-4-11(7-10)17-13(9-5-6-9)12(8-18)15-16-17/h2-4,7-9H,5-6H2,1H3. The number of aldehydes is 1. The third-order valence-electron chi connectivity index (χ3n) is 3.32. The first-order valence-corrected chi connectivity index (χ1v) is 6.34. The van der Waals surface area contributed by atoms with Crippen LogP contribution in [0.3, 0.4) is 0 Å². The highest BCUT2D eigenvalue weighted by Crippen LogP contribution is 2.41. The molecule has 20 heavy (non-hydrogen) atoms. The maximum absolute atomic E-state index is 11.6. The van der Waals surface area contributed by atoms with Crippen molar-refractivity contribution in [1.29, 1.82) is 0 Å². The summed E-state index contributed by atoms with van der Waals surface area (Å²) in [5.74, 6) is -0.0810. The molecule has 0 unspecified atom stereocenters. The van der Waals surface area contributed by atoms with Gasteiger partial charge in [0.15, 0.2) is 6.29 Å². The summed E-state index contributed by atoms with van der Waals surface area (Å²) in [6.45, 7) is 0. The maximum atomic E-state index is 11.6. The van der Waals surface area contributed by atoms with Crippen molar-refractivity contribution in [2.24, 2.45) is 0 Å². The van der Waals surface area contributed by atoms with Gasteiger partial charge in [0.25, 0.3) is 0 Å². The van der Waals surface area contributed by atoms with Gasteiger partial charge in [-0.15, -0.1) is 5.10 Å². The van der Waals surface area contributed by atoms with E-state index in [4.69, 9.17) is 4.74 Å². The summed E-state index contributed by atoms with van der Waals surface area (Å²) < 4.78 is 6.34. The normalized spacial score (nSPS) is 14.1. The first-order valence-electron chi connectivity index (χ1n) is 6.34. The van der Waals surface area contributed by atoms with Crippen LogP contribution >= 0.6 is 0 Å². The minimum absolute atomic E-state index is 0.326. The molecule has 0 atom stereocenters. The van der Waals surface area contributed by atoms with Crippen molar-refractivity contribution in [3.05, 3.63) is 41.2 Å². The maximum Gasteiger partial charge on any atom is 0.337 e. The van der Waals surface area contributed by atoms with Gasteiger partial charge in [0.1, 0.15) is 5.69 Å². The minimum Gasteiger partial charge on any atom is -0.465 e. The summed E-state index contributed by atoms with van der Waals surface area (Å²) in [5, 5.41) is 7.92. The molecule has 1 aliphatic carbocycles. The lowest BCUT2D eigenvalue weighted by Crippen LogP contribution is -2.06. The molecule has 0 aliphatic heterocycles. The van der Waals surface area contributed by atoms with E-state index in [9.17, 15) is 9.59 Å². The Labute approximate surface area is 115 Å². The van der Waals surface area contributed by atoms with Crippen molar-refractivity contribution in [2.75, 3.05) is 7.11 Å². The Balaban J connectivity index is 2.07. The van der Waals surface area contributed by atoms with Crippen molar-refractivity contribution < 1.29 is 14.3 Å². The molecule has 6 heteroatoms. The fourth-order valence-corrected chi connectivity index (χ4v) is 2.20. The highest BCUT2D eigenvalue weighted by atomic mass is 16.5. The summed E-state index contributed by atoms with van der Waals surface area (Å²) in [7, 11) is 1.34. The number of methoxy groups -OCH3 is 1. The van der Waals surface area contributed by atoms with E-state index in [0.29, 0.717) is 22.9 Å². The molecule has 1 saturated carbocycles. The van der Waals surface area contributed by atoms with Gasteiger partial charge in [-0.2, -0.15) is 0 Å². The average molecular weight is 271 g/mol. The van der Waals surface area contributed by atoms with E-state index < -0.39 is 5.97 Å². The lowest BCUT2D eigenvalue weighted by molar-refractivity contribution is 0.0600. The molecule has 0 saturated heterocycles. The van der Waals surface area contributed by atoms with Crippen molar-refractivity contribution in [3.8, 4) is 5.69 Å². The van der Waals surface area contributed by atoms with Crippen LogP contribution < -0.4 is 0 Å². The van der Waals surface area contributed by atoms with Gasteiger partial charge in [-0.05, 0) is 31.0 Å². The third-order valence-corrected chi connectivity index (χ3v) is 3.32. The molecule has 1 fully saturated rings. The first-order chi connectivity index (χ1) is 9.74. The molecular formula is C14H13N3O3. The number of aromatic nitrogens is 3. The number of benzene rings is 1. The summed E-state index contributed by atoms with van der Waals surface area (Å²) in [5.41, 5.74) is 2.34. The Morgan fingerprint density at radius 1 is 1.45 bits per heavy atom. The van der Waals surface area contributed by atoms with Crippen LogP contribution in [0.2, 0.25) is 0 Å². The molecule has 3 rings (SSSR count). The highest BCUT2D eigenvalue weighted by molar-refractivity contribution is 5.90. The molecule has 2 aromatic rings. The van der Waals surface area contributed by atoms with Gasteiger partial charge in [-0.25, -0.2) is 9.48 Å². The SMILES string of the molecule is COC(=O)c1cccc(-n2nnc(C=O)c2C2CC2)c1. The van der Waals surface area contributed by atoms with E-state index in [1.165, 1.54) is 7.11 Å². The van der Waals surface area contributed by atoms with E-state index in [1.807, 2.05) is 6.07 Å². The lowest BCUT2D eigenvalue weighted by Gasteiger charge is -2.07. The van der Waals surface area contributed by atoms with Crippen LogP contribution in [0.1, 0.15) is 45.3 Å². The van der Waals surface area contributed by atoms with E-state index in [0.717, 1.165) is 24.8 Å². The van der Waals surface area contributed by atoms with Crippen LogP contribution in [0.15, 0.2) is 24.3 Å². The lowest BCUT2D eigenvalue weighted by atomic mass is 10.2. The fraction of sp³-hybridized carbons (Fsp3) is 0.286. The zero-order valence-corrected chi connectivity index (χ0v) is 10.9. The summed E-state index contributed by atoms with van der Waals surface area (Å²) >= 11 is 0. The predicted molar refractivity (Wildman–Crippen MR) is 70.1 cm³/mol. The van der Waals surface area contributed by atoms with Crippen LogP contribution in [0.25, 0.3) is 5.69 Å². The zero-order valence-electron chi connectivity index (χ0n) is 10.9.